The van der Waals surface area contributed by atoms with Crippen molar-refractivity contribution in [2.24, 2.45) is 4.40 Å². The van der Waals surface area contributed by atoms with Gasteiger partial charge in [0.1, 0.15) is 22.3 Å². The minimum atomic E-state index is -1.32. The first kappa shape index (κ1) is 14.7. The van der Waals surface area contributed by atoms with Gasteiger partial charge in [0.25, 0.3) is 0 Å². The number of carbonyl (C=O) groups is 1. The molecule has 0 saturated carbocycles. The Balaban J connectivity index is 2.75. The summed E-state index contributed by atoms with van der Waals surface area (Å²) in [6.07, 6.45) is 2.83. The largest absolute Gasteiger partial charge is 0.591 e. The van der Waals surface area contributed by atoms with Gasteiger partial charge in [0.05, 0.1) is 18.4 Å². The monoisotopic (exact) mass is 268 g/mol. The van der Waals surface area contributed by atoms with Gasteiger partial charge in [-0.05, 0) is 32.9 Å². The van der Waals surface area contributed by atoms with Gasteiger partial charge in [0, 0.05) is 6.20 Å². The number of nitrogens with zero attached hydrogens (tertiary/aromatic N) is 2. The van der Waals surface area contributed by atoms with Gasteiger partial charge in [-0.2, -0.15) is 0 Å². The number of methoxy groups -OCH3 is 1. The molecule has 0 aliphatic rings. The summed E-state index contributed by atoms with van der Waals surface area (Å²) in [7, 11) is 1.31. The first-order chi connectivity index (χ1) is 8.34. The topological polar surface area (TPSA) is 74.6 Å². The van der Waals surface area contributed by atoms with Crippen LogP contribution in [0.4, 0.5) is 0 Å². The molecular weight excluding hydrogens is 252 g/mol. The second-order valence-electron chi connectivity index (χ2n) is 4.56. The number of esters is 1. The van der Waals surface area contributed by atoms with E-state index in [0.717, 1.165) is 0 Å². The fraction of sp³-hybridized carbons (Fsp3) is 0.417. The molecule has 0 amide bonds. The van der Waals surface area contributed by atoms with Crippen LogP contribution in [0.1, 0.15) is 36.8 Å². The fourth-order valence-electron chi connectivity index (χ4n) is 0.980. The molecule has 0 bridgehead atoms. The van der Waals surface area contributed by atoms with Crippen LogP contribution < -0.4 is 0 Å². The van der Waals surface area contributed by atoms with Gasteiger partial charge < -0.3 is 9.29 Å². The molecule has 0 spiro atoms. The summed E-state index contributed by atoms with van der Waals surface area (Å²) in [5.74, 6) is -0.441. The predicted octanol–water partition coefficient (Wildman–Crippen LogP) is 1.75. The lowest BCUT2D eigenvalue weighted by molar-refractivity contribution is 0.0600. The third-order valence-electron chi connectivity index (χ3n) is 2.01. The van der Waals surface area contributed by atoms with Crippen molar-refractivity contribution in [3.05, 3.63) is 29.6 Å². The molecular formula is C12H16N2O3S. The van der Waals surface area contributed by atoms with Crippen LogP contribution in [0, 0.1) is 0 Å². The standard InChI is InChI=1S/C12H16N2O3S/c1-12(2,3)18(16)14-8-10-6-5-9(7-13-10)11(15)17-4/h5-8H,1-4H3/b14-8+. The van der Waals surface area contributed by atoms with Crippen LogP contribution in [0.15, 0.2) is 22.7 Å². The molecule has 1 heterocycles. The van der Waals surface area contributed by atoms with Gasteiger partial charge in [0.15, 0.2) is 0 Å². The van der Waals surface area contributed by atoms with Gasteiger partial charge in [-0.15, -0.1) is 0 Å². The molecule has 1 atom stereocenters. The van der Waals surface area contributed by atoms with Gasteiger partial charge in [-0.3, -0.25) is 4.98 Å². The van der Waals surface area contributed by atoms with Crippen LogP contribution in [-0.4, -0.2) is 33.6 Å². The van der Waals surface area contributed by atoms with Crippen molar-refractivity contribution >= 4 is 23.5 Å². The lowest BCUT2D eigenvalue weighted by atomic mass is 10.2. The molecule has 1 aromatic rings. The zero-order chi connectivity index (χ0) is 13.8. The maximum atomic E-state index is 11.7. The summed E-state index contributed by atoms with van der Waals surface area (Å²) < 4.78 is 19.8. The van der Waals surface area contributed by atoms with Crippen LogP contribution in [0.25, 0.3) is 0 Å². The molecule has 5 nitrogen and oxygen atoms in total. The Hall–Kier alpha value is -1.40. The van der Waals surface area contributed by atoms with Crippen molar-refractivity contribution < 1.29 is 14.1 Å². The van der Waals surface area contributed by atoms with Gasteiger partial charge in [-0.1, -0.05) is 4.40 Å². The summed E-state index contributed by atoms with van der Waals surface area (Å²) in [5.41, 5.74) is 0.909. The van der Waals surface area contributed by atoms with Crippen molar-refractivity contribution in [3.8, 4) is 0 Å². The van der Waals surface area contributed by atoms with E-state index in [2.05, 4.69) is 14.1 Å². The summed E-state index contributed by atoms with van der Waals surface area (Å²) >= 11 is -1.32. The molecule has 6 heteroatoms. The quantitative estimate of drug-likeness (QED) is 0.475. The molecule has 0 fully saturated rings. The summed E-state index contributed by atoms with van der Waals surface area (Å²) in [4.78, 5) is 15.2. The Kier molecular flexibility index (Phi) is 4.86. The number of pyridine rings is 1. The average molecular weight is 268 g/mol. The zero-order valence-corrected chi connectivity index (χ0v) is 11.7. The first-order valence-electron chi connectivity index (χ1n) is 5.35. The molecule has 0 aliphatic heterocycles. The van der Waals surface area contributed by atoms with Gasteiger partial charge in [0.2, 0.25) is 0 Å². The maximum Gasteiger partial charge on any atom is 0.339 e. The molecule has 0 N–H and O–H groups in total. The third kappa shape index (κ3) is 4.12. The Bertz CT molecular complexity index is 438. The van der Waals surface area contributed by atoms with E-state index in [9.17, 15) is 9.35 Å². The van der Waals surface area contributed by atoms with E-state index in [1.54, 1.807) is 12.1 Å². The molecule has 98 valence electrons. The minimum Gasteiger partial charge on any atom is -0.591 e. The Labute approximate surface area is 110 Å². The summed E-state index contributed by atoms with van der Waals surface area (Å²) in [6, 6.07) is 3.20. The van der Waals surface area contributed by atoms with Crippen molar-refractivity contribution in [2.75, 3.05) is 7.11 Å². The first-order valence-corrected chi connectivity index (χ1v) is 6.45. The number of rotatable bonds is 3. The van der Waals surface area contributed by atoms with E-state index in [-0.39, 0.29) is 0 Å². The molecule has 1 aromatic heterocycles. The Morgan fingerprint density at radius 1 is 1.50 bits per heavy atom. The van der Waals surface area contributed by atoms with Crippen LogP contribution in [-0.2, 0) is 16.1 Å². The highest BCUT2D eigenvalue weighted by atomic mass is 32.2. The zero-order valence-electron chi connectivity index (χ0n) is 10.8. The van der Waals surface area contributed by atoms with Crippen molar-refractivity contribution in [3.63, 3.8) is 0 Å². The molecule has 0 aromatic carbocycles. The maximum absolute atomic E-state index is 11.7. The molecule has 1 rings (SSSR count). The predicted molar refractivity (Wildman–Crippen MR) is 71.1 cm³/mol. The van der Waals surface area contributed by atoms with Crippen LogP contribution in [0.3, 0.4) is 0 Å². The van der Waals surface area contributed by atoms with E-state index >= 15 is 0 Å². The van der Waals surface area contributed by atoms with E-state index in [0.29, 0.717) is 11.3 Å². The summed E-state index contributed by atoms with van der Waals surface area (Å²) in [5, 5.41) is 0. The highest BCUT2D eigenvalue weighted by Crippen LogP contribution is 2.16. The number of ether oxygens (including phenoxy) is 1. The van der Waals surface area contributed by atoms with Crippen molar-refractivity contribution in [1.82, 2.24) is 4.98 Å². The third-order valence-corrected chi connectivity index (χ3v) is 3.36. The second kappa shape index (κ2) is 5.97. The van der Waals surface area contributed by atoms with Crippen LogP contribution >= 0.6 is 0 Å². The van der Waals surface area contributed by atoms with Gasteiger partial charge in [-0.25, -0.2) is 4.79 Å². The van der Waals surface area contributed by atoms with Crippen molar-refractivity contribution in [1.29, 1.82) is 0 Å². The minimum absolute atomic E-state index is 0.367. The van der Waals surface area contributed by atoms with Gasteiger partial charge >= 0.3 is 5.97 Å². The smallest absolute Gasteiger partial charge is 0.339 e. The number of aromatic nitrogens is 1. The summed E-state index contributed by atoms with van der Waals surface area (Å²) in [6.45, 7) is 5.52. The van der Waals surface area contributed by atoms with Crippen LogP contribution in [0.5, 0.6) is 0 Å². The van der Waals surface area contributed by atoms with E-state index in [1.165, 1.54) is 19.5 Å². The average Bonchev–Trinajstić information content (AvgIpc) is 2.34. The van der Waals surface area contributed by atoms with Crippen LogP contribution in [0.2, 0.25) is 0 Å². The second-order valence-corrected chi connectivity index (χ2v) is 6.49. The highest BCUT2D eigenvalue weighted by molar-refractivity contribution is 7.91. The van der Waals surface area contributed by atoms with E-state index in [4.69, 9.17) is 0 Å². The molecule has 0 saturated heterocycles. The molecule has 0 aliphatic carbocycles. The SMILES string of the molecule is COC(=O)c1ccc(/C=N/[S+]([O-])C(C)(C)C)nc1. The molecule has 0 radical (unpaired) electrons. The lowest BCUT2D eigenvalue weighted by Crippen LogP contribution is -2.25. The number of carbonyl (C=O) groups excluding carboxylic acids is 1. The number of hydrogen-bond donors (Lipinski definition) is 0. The fourth-order valence-corrected chi connectivity index (χ4v) is 1.50. The number of hydrogen-bond acceptors (Lipinski definition) is 5. The molecule has 1 unspecified atom stereocenters. The highest BCUT2D eigenvalue weighted by Gasteiger charge is 2.25. The Morgan fingerprint density at radius 3 is 2.61 bits per heavy atom. The van der Waals surface area contributed by atoms with E-state index < -0.39 is 22.1 Å². The lowest BCUT2D eigenvalue weighted by Gasteiger charge is -2.17. The Morgan fingerprint density at radius 2 is 2.17 bits per heavy atom. The molecule has 18 heavy (non-hydrogen) atoms. The van der Waals surface area contributed by atoms with E-state index in [1.807, 2.05) is 20.8 Å². The normalized spacial score (nSPS) is 13.6. The van der Waals surface area contributed by atoms with Crippen molar-refractivity contribution in [2.45, 2.75) is 25.5 Å².